The Balaban J connectivity index is 1.11. The van der Waals surface area contributed by atoms with Gasteiger partial charge in [0.05, 0.1) is 24.9 Å². The van der Waals surface area contributed by atoms with Gasteiger partial charge in [-0.15, -0.1) is 0 Å². The van der Waals surface area contributed by atoms with Crippen LogP contribution < -0.4 is 10.6 Å². The van der Waals surface area contributed by atoms with Crippen LogP contribution in [0.15, 0.2) is 72.8 Å². The van der Waals surface area contributed by atoms with Gasteiger partial charge < -0.3 is 19.5 Å². The molecule has 0 aliphatic carbocycles. The van der Waals surface area contributed by atoms with Crippen molar-refractivity contribution in [2.75, 3.05) is 25.1 Å². The molecule has 32 heavy (non-hydrogen) atoms. The molecule has 166 valence electrons. The van der Waals surface area contributed by atoms with Crippen LogP contribution in [0.4, 0.5) is 10.5 Å². The van der Waals surface area contributed by atoms with Crippen LogP contribution in [0.25, 0.3) is 10.8 Å². The molecular weight excluding hydrogens is 404 g/mol. The summed E-state index contributed by atoms with van der Waals surface area (Å²) >= 11 is 0. The SMILES string of the molecule is O=C(Nc1cccc2ccccc12)O[C@@H]1CO[C@H]2[C@@H]1OC[C@@H]2NCCCc1ccccc1. The minimum absolute atomic E-state index is 0.0953. The van der Waals surface area contributed by atoms with Crippen LogP contribution in [-0.2, 0) is 20.6 Å². The van der Waals surface area contributed by atoms with Gasteiger partial charge in [-0.25, -0.2) is 4.79 Å². The van der Waals surface area contributed by atoms with E-state index >= 15 is 0 Å². The van der Waals surface area contributed by atoms with Crippen molar-refractivity contribution in [1.82, 2.24) is 5.32 Å². The van der Waals surface area contributed by atoms with Gasteiger partial charge in [-0.2, -0.15) is 0 Å². The van der Waals surface area contributed by atoms with Gasteiger partial charge >= 0.3 is 6.09 Å². The summed E-state index contributed by atoms with van der Waals surface area (Å²) in [6, 6.07) is 24.3. The third-order valence-electron chi connectivity index (χ3n) is 6.18. The zero-order valence-electron chi connectivity index (χ0n) is 17.9. The topological polar surface area (TPSA) is 68.8 Å². The van der Waals surface area contributed by atoms with E-state index in [0.717, 1.165) is 35.8 Å². The molecule has 3 aromatic carbocycles. The number of anilines is 1. The van der Waals surface area contributed by atoms with Crippen molar-refractivity contribution >= 4 is 22.6 Å². The van der Waals surface area contributed by atoms with E-state index in [0.29, 0.717) is 13.2 Å². The maximum atomic E-state index is 12.6. The Labute approximate surface area is 187 Å². The van der Waals surface area contributed by atoms with Crippen molar-refractivity contribution in [3.05, 3.63) is 78.4 Å². The number of fused-ring (bicyclic) bond motifs is 2. The highest BCUT2D eigenvalue weighted by Gasteiger charge is 2.49. The van der Waals surface area contributed by atoms with Crippen LogP contribution in [0.1, 0.15) is 12.0 Å². The number of benzene rings is 3. The van der Waals surface area contributed by atoms with Crippen LogP contribution in [0.3, 0.4) is 0 Å². The van der Waals surface area contributed by atoms with Gasteiger partial charge in [0.2, 0.25) is 0 Å². The highest BCUT2D eigenvalue weighted by molar-refractivity contribution is 6.00. The first-order valence-corrected chi connectivity index (χ1v) is 11.2. The molecule has 1 amide bonds. The van der Waals surface area contributed by atoms with Crippen molar-refractivity contribution in [2.45, 2.75) is 37.2 Å². The van der Waals surface area contributed by atoms with Crippen LogP contribution in [0, 0.1) is 0 Å². The molecule has 2 aliphatic rings. The highest BCUT2D eigenvalue weighted by atomic mass is 16.6. The first-order valence-electron chi connectivity index (χ1n) is 11.2. The highest BCUT2D eigenvalue weighted by Crippen LogP contribution is 2.30. The number of hydrogen-bond donors (Lipinski definition) is 2. The predicted molar refractivity (Wildman–Crippen MR) is 124 cm³/mol. The minimum Gasteiger partial charge on any atom is -0.441 e. The second-order valence-corrected chi connectivity index (χ2v) is 8.34. The number of amides is 1. The van der Waals surface area contributed by atoms with Crippen LogP contribution in [-0.4, -0.2) is 50.2 Å². The maximum Gasteiger partial charge on any atom is 0.412 e. The molecule has 2 aliphatic heterocycles. The van der Waals surface area contributed by atoms with Crippen molar-refractivity contribution in [1.29, 1.82) is 0 Å². The molecule has 2 N–H and O–H groups in total. The van der Waals surface area contributed by atoms with Crippen LogP contribution >= 0.6 is 0 Å². The van der Waals surface area contributed by atoms with Gasteiger partial charge in [0.1, 0.15) is 12.2 Å². The lowest BCUT2D eigenvalue weighted by atomic mass is 10.1. The fourth-order valence-corrected chi connectivity index (χ4v) is 4.58. The zero-order valence-corrected chi connectivity index (χ0v) is 17.9. The Morgan fingerprint density at radius 1 is 0.906 bits per heavy atom. The molecule has 2 saturated heterocycles. The summed E-state index contributed by atoms with van der Waals surface area (Å²) in [5.41, 5.74) is 2.08. The largest absolute Gasteiger partial charge is 0.441 e. The summed E-state index contributed by atoms with van der Waals surface area (Å²) in [6.45, 7) is 1.80. The molecule has 6 heteroatoms. The lowest BCUT2D eigenvalue weighted by Crippen LogP contribution is -2.42. The number of carbonyl (C=O) groups excluding carboxylic acids is 1. The average molecular weight is 433 g/mol. The summed E-state index contributed by atoms with van der Waals surface area (Å²) in [7, 11) is 0. The summed E-state index contributed by atoms with van der Waals surface area (Å²) in [5.74, 6) is 0. The van der Waals surface area contributed by atoms with Gasteiger partial charge in [-0.3, -0.25) is 5.32 Å². The Morgan fingerprint density at radius 2 is 1.69 bits per heavy atom. The van der Waals surface area contributed by atoms with Crippen molar-refractivity contribution in [3.8, 4) is 0 Å². The first-order chi connectivity index (χ1) is 15.8. The first kappa shape index (κ1) is 20.9. The molecule has 5 rings (SSSR count). The van der Waals surface area contributed by atoms with Crippen molar-refractivity contribution in [3.63, 3.8) is 0 Å². The average Bonchev–Trinajstić information content (AvgIpc) is 3.41. The van der Waals surface area contributed by atoms with E-state index in [1.54, 1.807) is 0 Å². The molecule has 0 aromatic heterocycles. The second kappa shape index (κ2) is 9.69. The van der Waals surface area contributed by atoms with Crippen molar-refractivity contribution in [2.24, 2.45) is 0 Å². The number of aryl methyl sites for hydroxylation is 1. The summed E-state index contributed by atoms with van der Waals surface area (Å²) in [4.78, 5) is 12.6. The molecule has 4 atom stereocenters. The third kappa shape index (κ3) is 4.63. The monoisotopic (exact) mass is 432 g/mol. The number of rotatable bonds is 7. The number of carbonyl (C=O) groups is 1. The molecule has 2 heterocycles. The lowest BCUT2D eigenvalue weighted by molar-refractivity contribution is 0.00858. The van der Waals surface area contributed by atoms with Gasteiger partial charge in [-0.1, -0.05) is 66.7 Å². The number of nitrogens with one attached hydrogen (secondary N) is 2. The van der Waals surface area contributed by atoms with E-state index in [2.05, 4.69) is 34.9 Å². The Bertz CT molecular complexity index is 1050. The molecule has 0 bridgehead atoms. The zero-order chi connectivity index (χ0) is 21.8. The Hall–Kier alpha value is -2.93. The smallest absolute Gasteiger partial charge is 0.412 e. The molecule has 0 radical (unpaired) electrons. The van der Waals surface area contributed by atoms with E-state index < -0.39 is 12.2 Å². The van der Waals surface area contributed by atoms with Gasteiger partial charge in [-0.05, 0) is 36.4 Å². The quantitative estimate of drug-likeness (QED) is 0.549. The van der Waals surface area contributed by atoms with E-state index in [1.807, 2.05) is 48.5 Å². The van der Waals surface area contributed by atoms with Gasteiger partial charge in [0.15, 0.2) is 6.10 Å². The summed E-state index contributed by atoms with van der Waals surface area (Å²) < 4.78 is 17.6. The van der Waals surface area contributed by atoms with Crippen LogP contribution in [0.2, 0.25) is 0 Å². The van der Waals surface area contributed by atoms with E-state index in [9.17, 15) is 4.79 Å². The number of ether oxygens (including phenoxy) is 3. The van der Waals surface area contributed by atoms with E-state index in [1.165, 1.54) is 5.56 Å². The fraction of sp³-hybridized carbons (Fsp3) is 0.346. The molecule has 2 fully saturated rings. The third-order valence-corrected chi connectivity index (χ3v) is 6.18. The molecule has 0 saturated carbocycles. The Kier molecular flexibility index (Phi) is 6.34. The summed E-state index contributed by atoms with van der Waals surface area (Å²) in [6.07, 6.45) is 0.855. The molecule has 3 aromatic rings. The molecule has 0 spiro atoms. The number of hydrogen-bond acceptors (Lipinski definition) is 5. The van der Waals surface area contributed by atoms with E-state index in [4.69, 9.17) is 14.2 Å². The summed E-state index contributed by atoms with van der Waals surface area (Å²) in [5, 5.41) is 8.46. The Morgan fingerprint density at radius 3 is 2.59 bits per heavy atom. The van der Waals surface area contributed by atoms with E-state index in [-0.39, 0.29) is 18.2 Å². The maximum absolute atomic E-state index is 12.6. The van der Waals surface area contributed by atoms with Crippen LogP contribution in [0.5, 0.6) is 0 Å². The second-order valence-electron chi connectivity index (χ2n) is 8.34. The van der Waals surface area contributed by atoms with Crippen molar-refractivity contribution < 1.29 is 19.0 Å². The fourth-order valence-electron chi connectivity index (χ4n) is 4.58. The predicted octanol–water partition coefficient (Wildman–Crippen LogP) is 4.15. The lowest BCUT2D eigenvalue weighted by Gasteiger charge is -2.18. The molecule has 6 nitrogen and oxygen atoms in total. The molecule has 0 unspecified atom stereocenters. The minimum atomic E-state index is -0.488. The van der Waals surface area contributed by atoms with Gasteiger partial charge in [0, 0.05) is 5.39 Å². The molecular formula is C26H28N2O4. The normalized spacial score (nSPS) is 24.4. The standard InChI is InChI=1S/C26H28N2O4/c29-26(28-21-14-6-12-19-11-4-5-13-20(19)21)32-23-17-31-24-22(16-30-25(23)24)27-15-7-10-18-8-2-1-3-9-18/h1-6,8-9,11-14,22-25,27H,7,10,15-17H2,(H,28,29)/t22-,23+,24+,25+/m0/s1. The van der Waals surface area contributed by atoms with Gasteiger partial charge in [0.25, 0.3) is 0 Å².